The number of alkyl halides is 5. The van der Waals surface area contributed by atoms with Crippen molar-refractivity contribution in [2.75, 3.05) is 0 Å². The van der Waals surface area contributed by atoms with Gasteiger partial charge in [0.1, 0.15) is 0 Å². The Morgan fingerprint density at radius 2 is 1.40 bits per heavy atom. The summed E-state index contributed by atoms with van der Waals surface area (Å²) in [5.41, 5.74) is -0.118. The average Bonchev–Trinajstić information content (AvgIpc) is 2.37. The van der Waals surface area contributed by atoms with Crippen LogP contribution in [0.4, 0.5) is 22.0 Å². The first-order valence-electron chi connectivity index (χ1n) is 5.54. The largest absolute Gasteiger partial charge is 0.416 e. The Labute approximate surface area is 116 Å². The summed E-state index contributed by atoms with van der Waals surface area (Å²) in [6.07, 6.45) is -7.10. The van der Waals surface area contributed by atoms with Gasteiger partial charge >= 0.3 is 6.18 Å². The standard InChI is InChI=1S/C14H8ClF5/c15-12-7-9(3-6-11(12)13(16)17)8-1-4-10(5-2-8)14(18,19)20/h1-7,13H. The number of benzene rings is 2. The van der Waals surface area contributed by atoms with E-state index in [1.807, 2.05) is 0 Å². The molecule has 0 bridgehead atoms. The molecule has 0 aliphatic rings. The van der Waals surface area contributed by atoms with Crippen molar-refractivity contribution in [1.82, 2.24) is 0 Å². The molecule has 0 atom stereocenters. The SMILES string of the molecule is FC(F)c1ccc(-c2ccc(C(F)(F)F)cc2)cc1Cl. The van der Waals surface area contributed by atoms with Gasteiger partial charge in [0.25, 0.3) is 6.43 Å². The fourth-order valence-corrected chi connectivity index (χ4v) is 2.00. The monoisotopic (exact) mass is 306 g/mol. The molecule has 0 aromatic heterocycles. The smallest absolute Gasteiger partial charge is 0.205 e. The van der Waals surface area contributed by atoms with Gasteiger partial charge in [-0.25, -0.2) is 8.78 Å². The average molecular weight is 307 g/mol. The maximum atomic E-state index is 12.5. The summed E-state index contributed by atoms with van der Waals surface area (Å²) in [5, 5.41) is -0.114. The fraction of sp³-hybridized carbons (Fsp3) is 0.143. The van der Waals surface area contributed by atoms with Crippen LogP contribution in [-0.4, -0.2) is 0 Å². The van der Waals surface area contributed by atoms with Crippen LogP contribution in [-0.2, 0) is 6.18 Å². The predicted molar refractivity (Wildman–Crippen MR) is 66.8 cm³/mol. The molecule has 0 saturated heterocycles. The molecule has 0 N–H and O–H groups in total. The van der Waals surface area contributed by atoms with Crippen molar-refractivity contribution in [3.63, 3.8) is 0 Å². The lowest BCUT2D eigenvalue weighted by atomic mass is 10.0. The first kappa shape index (κ1) is 14.8. The third-order valence-electron chi connectivity index (χ3n) is 2.78. The number of halogens is 6. The van der Waals surface area contributed by atoms with E-state index in [1.165, 1.54) is 30.3 Å². The minimum Gasteiger partial charge on any atom is -0.205 e. The number of rotatable bonds is 2. The van der Waals surface area contributed by atoms with E-state index in [1.54, 1.807) is 0 Å². The van der Waals surface area contributed by atoms with E-state index in [2.05, 4.69) is 0 Å². The van der Waals surface area contributed by atoms with Crippen molar-refractivity contribution in [3.8, 4) is 11.1 Å². The van der Waals surface area contributed by atoms with Crippen molar-refractivity contribution < 1.29 is 22.0 Å². The Hall–Kier alpha value is -1.62. The molecule has 0 aliphatic carbocycles. The van der Waals surface area contributed by atoms with Gasteiger partial charge in [-0.2, -0.15) is 13.2 Å². The summed E-state index contributed by atoms with van der Waals surface area (Å²) in [7, 11) is 0. The molecule has 0 saturated carbocycles. The lowest BCUT2D eigenvalue weighted by Gasteiger charge is -2.09. The summed E-state index contributed by atoms with van der Waals surface area (Å²) in [6.45, 7) is 0. The molecule has 0 aliphatic heterocycles. The van der Waals surface area contributed by atoms with Gasteiger partial charge in [-0.1, -0.05) is 35.9 Å². The van der Waals surface area contributed by atoms with Crippen LogP contribution in [0.25, 0.3) is 11.1 Å². The second-order valence-electron chi connectivity index (χ2n) is 4.11. The topological polar surface area (TPSA) is 0 Å². The van der Waals surface area contributed by atoms with Crippen molar-refractivity contribution in [2.24, 2.45) is 0 Å². The Bertz CT molecular complexity index is 602. The van der Waals surface area contributed by atoms with Crippen molar-refractivity contribution in [3.05, 3.63) is 58.6 Å². The number of hydrogen-bond acceptors (Lipinski definition) is 0. The highest BCUT2D eigenvalue weighted by Crippen LogP contribution is 2.33. The van der Waals surface area contributed by atoms with Crippen molar-refractivity contribution in [2.45, 2.75) is 12.6 Å². The van der Waals surface area contributed by atoms with E-state index in [0.717, 1.165) is 12.1 Å². The van der Waals surface area contributed by atoms with Crippen LogP contribution in [0.1, 0.15) is 17.6 Å². The third kappa shape index (κ3) is 3.10. The van der Waals surface area contributed by atoms with E-state index in [9.17, 15) is 22.0 Å². The van der Waals surface area contributed by atoms with Crippen LogP contribution in [0, 0.1) is 0 Å². The molecule has 0 unspecified atom stereocenters. The highest BCUT2D eigenvalue weighted by Gasteiger charge is 2.29. The van der Waals surface area contributed by atoms with Crippen molar-refractivity contribution in [1.29, 1.82) is 0 Å². The molecule has 2 aromatic carbocycles. The Balaban J connectivity index is 2.35. The molecule has 0 amide bonds. The van der Waals surface area contributed by atoms with Crippen LogP contribution in [0.5, 0.6) is 0 Å². The van der Waals surface area contributed by atoms with Gasteiger partial charge in [-0.05, 0) is 29.3 Å². The number of hydrogen-bond donors (Lipinski definition) is 0. The maximum absolute atomic E-state index is 12.5. The molecule has 0 radical (unpaired) electrons. The van der Waals surface area contributed by atoms with Crippen LogP contribution in [0.2, 0.25) is 5.02 Å². The molecule has 2 aromatic rings. The van der Waals surface area contributed by atoms with Crippen LogP contribution < -0.4 is 0 Å². The molecular formula is C14H8ClF5. The molecule has 20 heavy (non-hydrogen) atoms. The summed E-state index contributed by atoms with van der Waals surface area (Å²) < 4.78 is 62.3. The molecule has 0 nitrogen and oxygen atoms in total. The first-order chi connectivity index (χ1) is 9.29. The van der Waals surface area contributed by atoms with E-state index in [-0.39, 0.29) is 10.6 Å². The van der Waals surface area contributed by atoms with E-state index in [4.69, 9.17) is 11.6 Å². The molecule has 2 rings (SSSR count). The zero-order valence-corrected chi connectivity index (χ0v) is 10.6. The highest BCUT2D eigenvalue weighted by molar-refractivity contribution is 6.31. The molecule has 0 heterocycles. The summed E-state index contributed by atoms with van der Waals surface area (Å²) in [4.78, 5) is 0. The zero-order valence-electron chi connectivity index (χ0n) is 9.89. The fourth-order valence-electron chi connectivity index (χ4n) is 1.74. The summed E-state index contributed by atoms with van der Waals surface area (Å²) in [6, 6.07) is 8.29. The van der Waals surface area contributed by atoms with Gasteiger partial charge < -0.3 is 0 Å². The van der Waals surface area contributed by atoms with Crippen LogP contribution in [0.15, 0.2) is 42.5 Å². The molecule has 6 heteroatoms. The van der Waals surface area contributed by atoms with Gasteiger partial charge in [-0.15, -0.1) is 0 Å². The lowest BCUT2D eigenvalue weighted by Crippen LogP contribution is -2.03. The molecule has 106 valence electrons. The Morgan fingerprint density at radius 3 is 1.85 bits per heavy atom. The van der Waals surface area contributed by atoms with E-state index >= 15 is 0 Å². The molecule has 0 spiro atoms. The minimum absolute atomic E-state index is 0.114. The predicted octanol–water partition coefficient (Wildman–Crippen LogP) is 5.96. The first-order valence-corrected chi connectivity index (χ1v) is 5.92. The van der Waals surface area contributed by atoms with E-state index in [0.29, 0.717) is 11.1 Å². The van der Waals surface area contributed by atoms with Crippen LogP contribution >= 0.6 is 11.6 Å². The van der Waals surface area contributed by atoms with Crippen LogP contribution in [0.3, 0.4) is 0 Å². The van der Waals surface area contributed by atoms with Gasteiger partial charge in [-0.3, -0.25) is 0 Å². The van der Waals surface area contributed by atoms with Gasteiger partial charge in [0, 0.05) is 5.56 Å². The van der Waals surface area contributed by atoms with Gasteiger partial charge in [0.2, 0.25) is 0 Å². The summed E-state index contributed by atoms with van der Waals surface area (Å²) in [5.74, 6) is 0. The Kier molecular flexibility index (Phi) is 3.99. The second-order valence-corrected chi connectivity index (χ2v) is 4.52. The second kappa shape index (κ2) is 5.40. The normalized spacial score (nSPS) is 11.9. The van der Waals surface area contributed by atoms with E-state index < -0.39 is 18.2 Å². The summed E-state index contributed by atoms with van der Waals surface area (Å²) >= 11 is 5.72. The third-order valence-corrected chi connectivity index (χ3v) is 3.11. The lowest BCUT2D eigenvalue weighted by molar-refractivity contribution is -0.137. The van der Waals surface area contributed by atoms with Crippen molar-refractivity contribution >= 4 is 11.6 Å². The Morgan fingerprint density at radius 1 is 0.850 bits per heavy atom. The van der Waals surface area contributed by atoms with Gasteiger partial charge in [0.15, 0.2) is 0 Å². The van der Waals surface area contributed by atoms with Gasteiger partial charge in [0.05, 0.1) is 10.6 Å². The quantitative estimate of drug-likeness (QED) is 0.600. The highest BCUT2D eigenvalue weighted by atomic mass is 35.5. The zero-order chi connectivity index (χ0) is 14.9. The maximum Gasteiger partial charge on any atom is 0.416 e. The molecular weight excluding hydrogens is 299 g/mol. The molecule has 0 fully saturated rings. The minimum atomic E-state index is -4.41.